The topological polar surface area (TPSA) is 82.2 Å². The van der Waals surface area contributed by atoms with E-state index in [2.05, 4.69) is 10.3 Å². The summed E-state index contributed by atoms with van der Waals surface area (Å²) in [5, 5.41) is 13.4. The van der Waals surface area contributed by atoms with Gasteiger partial charge < -0.3 is 15.4 Å². The zero-order chi connectivity index (χ0) is 16.4. The van der Waals surface area contributed by atoms with Crippen LogP contribution in [0.15, 0.2) is 24.4 Å². The predicted molar refractivity (Wildman–Crippen MR) is 91.8 cm³/mol. The van der Waals surface area contributed by atoms with Crippen molar-refractivity contribution in [2.24, 2.45) is 0 Å². The molecule has 1 aromatic heterocycles. The fourth-order valence-electron chi connectivity index (χ4n) is 3.19. The third kappa shape index (κ3) is 3.08. The Morgan fingerprint density at radius 2 is 2.09 bits per heavy atom. The van der Waals surface area contributed by atoms with E-state index in [1.807, 2.05) is 31.3 Å². The Bertz CT molecular complexity index is 747. The molecule has 1 saturated heterocycles. The molecule has 0 radical (unpaired) electrons. The third-order valence-electron chi connectivity index (χ3n) is 4.48. The largest absolute Gasteiger partial charge is 0.480 e. The molecule has 23 heavy (non-hydrogen) atoms. The molecule has 2 aromatic rings. The summed E-state index contributed by atoms with van der Waals surface area (Å²) in [6.45, 7) is 2.01. The van der Waals surface area contributed by atoms with Crippen LogP contribution in [-0.2, 0) is 16.0 Å². The van der Waals surface area contributed by atoms with Gasteiger partial charge in [0.05, 0.1) is 6.42 Å². The molecule has 1 aliphatic rings. The summed E-state index contributed by atoms with van der Waals surface area (Å²) in [5.41, 5.74) is 1.90. The molecule has 6 heteroatoms. The van der Waals surface area contributed by atoms with Gasteiger partial charge in [0.2, 0.25) is 5.91 Å². The SMILES string of the molecule is Cc1cccc2[nH]cc(CC(=O)NC3(C(=O)O)CCSCC3)c12. The number of rotatable bonds is 4. The normalized spacial score (nSPS) is 17.1. The number of aliphatic carboxylic acids is 1. The van der Waals surface area contributed by atoms with E-state index in [1.54, 1.807) is 11.8 Å². The number of aromatic amines is 1. The van der Waals surface area contributed by atoms with Gasteiger partial charge in [-0.15, -0.1) is 0 Å². The minimum atomic E-state index is -1.11. The van der Waals surface area contributed by atoms with Crippen LogP contribution < -0.4 is 5.32 Å². The number of aryl methyl sites for hydroxylation is 1. The Morgan fingerprint density at radius 3 is 2.78 bits per heavy atom. The number of H-pyrrole nitrogens is 1. The second kappa shape index (κ2) is 6.28. The number of hydrogen-bond donors (Lipinski definition) is 3. The number of aromatic nitrogens is 1. The van der Waals surface area contributed by atoms with Gasteiger partial charge in [-0.2, -0.15) is 11.8 Å². The molecule has 0 spiro atoms. The Kier molecular flexibility index (Phi) is 4.35. The standard InChI is InChI=1S/C17H20N2O3S/c1-11-3-2-4-13-15(11)12(10-18-13)9-14(20)19-17(16(21)22)5-7-23-8-6-17/h2-4,10,18H,5-9H2,1H3,(H,19,20)(H,21,22). The molecule has 0 aliphatic carbocycles. The lowest BCUT2D eigenvalue weighted by molar-refractivity contribution is -0.148. The fraction of sp³-hybridized carbons (Fsp3) is 0.412. The predicted octanol–water partition coefficient (Wildman–Crippen LogP) is 2.49. The molecule has 0 unspecified atom stereocenters. The van der Waals surface area contributed by atoms with Crippen molar-refractivity contribution in [3.05, 3.63) is 35.5 Å². The molecule has 0 bridgehead atoms. The van der Waals surface area contributed by atoms with Crippen LogP contribution in [0.1, 0.15) is 24.0 Å². The Morgan fingerprint density at radius 1 is 1.35 bits per heavy atom. The highest BCUT2D eigenvalue weighted by Crippen LogP contribution is 2.28. The number of thioether (sulfide) groups is 1. The lowest BCUT2D eigenvalue weighted by Gasteiger charge is -2.33. The van der Waals surface area contributed by atoms with Crippen molar-refractivity contribution in [1.29, 1.82) is 0 Å². The molecule has 1 fully saturated rings. The molecule has 0 saturated carbocycles. The summed E-state index contributed by atoms with van der Waals surface area (Å²) in [5.74, 6) is 0.363. The first-order valence-corrected chi connectivity index (χ1v) is 8.85. The van der Waals surface area contributed by atoms with Gasteiger partial charge >= 0.3 is 5.97 Å². The number of fused-ring (bicyclic) bond motifs is 1. The van der Waals surface area contributed by atoms with Crippen LogP contribution in [-0.4, -0.2) is 39.0 Å². The third-order valence-corrected chi connectivity index (χ3v) is 5.47. The molecular weight excluding hydrogens is 312 g/mol. The lowest BCUT2D eigenvalue weighted by Crippen LogP contribution is -2.56. The van der Waals surface area contributed by atoms with Crippen molar-refractivity contribution in [1.82, 2.24) is 10.3 Å². The van der Waals surface area contributed by atoms with Gasteiger partial charge in [-0.3, -0.25) is 4.79 Å². The number of carbonyl (C=O) groups excluding carboxylic acids is 1. The quantitative estimate of drug-likeness (QED) is 0.803. The second-order valence-electron chi connectivity index (χ2n) is 6.04. The Labute approximate surface area is 138 Å². The van der Waals surface area contributed by atoms with Gasteiger partial charge in [-0.25, -0.2) is 4.79 Å². The number of carbonyl (C=O) groups is 2. The summed E-state index contributed by atoms with van der Waals surface area (Å²) < 4.78 is 0. The highest BCUT2D eigenvalue weighted by Gasteiger charge is 2.41. The molecule has 0 atom stereocenters. The van der Waals surface area contributed by atoms with Crippen LogP contribution in [0.25, 0.3) is 10.9 Å². The summed E-state index contributed by atoms with van der Waals surface area (Å²) >= 11 is 1.73. The molecule has 3 N–H and O–H groups in total. The van der Waals surface area contributed by atoms with Gasteiger partial charge in [0.25, 0.3) is 0 Å². The van der Waals surface area contributed by atoms with E-state index in [-0.39, 0.29) is 12.3 Å². The second-order valence-corrected chi connectivity index (χ2v) is 7.26. The minimum absolute atomic E-state index is 0.188. The molecule has 1 aliphatic heterocycles. The van der Waals surface area contributed by atoms with Crippen LogP contribution in [0.2, 0.25) is 0 Å². The molecule has 2 heterocycles. The number of amides is 1. The highest BCUT2D eigenvalue weighted by atomic mass is 32.2. The summed E-state index contributed by atoms with van der Waals surface area (Å²) in [7, 11) is 0. The van der Waals surface area contributed by atoms with Crippen LogP contribution in [0.5, 0.6) is 0 Å². The van der Waals surface area contributed by atoms with E-state index in [4.69, 9.17) is 0 Å². The fourth-order valence-corrected chi connectivity index (χ4v) is 4.38. The zero-order valence-corrected chi connectivity index (χ0v) is 13.8. The van der Waals surface area contributed by atoms with Crippen molar-refractivity contribution in [2.45, 2.75) is 31.7 Å². The van der Waals surface area contributed by atoms with Gasteiger partial charge in [-0.05, 0) is 48.5 Å². The molecular formula is C17H20N2O3S. The smallest absolute Gasteiger partial charge is 0.329 e. The monoisotopic (exact) mass is 332 g/mol. The summed E-state index contributed by atoms with van der Waals surface area (Å²) in [6.07, 6.45) is 2.98. The van der Waals surface area contributed by atoms with E-state index in [9.17, 15) is 14.7 Å². The molecule has 3 rings (SSSR count). The highest BCUT2D eigenvalue weighted by molar-refractivity contribution is 7.99. The first kappa shape index (κ1) is 15.9. The molecule has 122 valence electrons. The van der Waals surface area contributed by atoms with Gasteiger partial charge in [0, 0.05) is 17.1 Å². The number of hydrogen-bond acceptors (Lipinski definition) is 3. The zero-order valence-electron chi connectivity index (χ0n) is 13.0. The maximum Gasteiger partial charge on any atom is 0.329 e. The first-order valence-electron chi connectivity index (χ1n) is 7.69. The summed E-state index contributed by atoms with van der Waals surface area (Å²) in [6, 6.07) is 5.95. The minimum Gasteiger partial charge on any atom is -0.480 e. The molecule has 5 nitrogen and oxygen atoms in total. The van der Waals surface area contributed by atoms with Crippen molar-refractivity contribution < 1.29 is 14.7 Å². The van der Waals surface area contributed by atoms with E-state index in [1.165, 1.54) is 0 Å². The van der Waals surface area contributed by atoms with E-state index >= 15 is 0 Å². The van der Waals surface area contributed by atoms with Crippen molar-refractivity contribution in [3.8, 4) is 0 Å². The van der Waals surface area contributed by atoms with Gasteiger partial charge in [0.15, 0.2) is 0 Å². The van der Waals surface area contributed by atoms with E-state index in [0.29, 0.717) is 12.8 Å². The van der Waals surface area contributed by atoms with Crippen molar-refractivity contribution >= 4 is 34.5 Å². The average Bonchev–Trinajstić information content (AvgIpc) is 2.92. The first-order chi connectivity index (χ1) is 11.0. The van der Waals surface area contributed by atoms with E-state index in [0.717, 1.165) is 33.5 Å². The summed E-state index contributed by atoms with van der Waals surface area (Å²) in [4.78, 5) is 27.3. The van der Waals surface area contributed by atoms with Crippen molar-refractivity contribution in [3.63, 3.8) is 0 Å². The van der Waals surface area contributed by atoms with Crippen LogP contribution in [0, 0.1) is 6.92 Å². The van der Waals surface area contributed by atoms with Gasteiger partial charge in [0.1, 0.15) is 5.54 Å². The number of carboxylic acids is 1. The van der Waals surface area contributed by atoms with E-state index < -0.39 is 11.5 Å². The molecule has 1 amide bonds. The van der Waals surface area contributed by atoms with Crippen LogP contribution in [0.3, 0.4) is 0 Å². The maximum atomic E-state index is 12.4. The Hall–Kier alpha value is -1.95. The number of benzene rings is 1. The van der Waals surface area contributed by atoms with Crippen LogP contribution in [0.4, 0.5) is 0 Å². The van der Waals surface area contributed by atoms with Gasteiger partial charge in [-0.1, -0.05) is 12.1 Å². The number of nitrogens with one attached hydrogen (secondary N) is 2. The van der Waals surface area contributed by atoms with Crippen LogP contribution >= 0.6 is 11.8 Å². The van der Waals surface area contributed by atoms with Crippen molar-refractivity contribution in [2.75, 3.05) is 11.5 Å². The number of carboxylic acid groups (broad SMARTS) is 1. The Balaban J connectivity index is 1.79. The molecule has 1 aromatic carbocycles. The average molecular weight is 332 g/mol. The lowest BCUT2D eigenvalue weighted by atomic mass is 9.92. The maximum absolute atomic E-state index is 12.4.